The third-order valence-electron chi connectivity index (χ3n) is 2.38. The molecule has 0 bridgehead atoms. The molecule has 0 spiro atoms. The molecule has 0 fully saturated rings. The van der Waals surface area contributed by atoms with Crippen molar-refractivity contribution in [1.82, 2.24) is 0 Å². The summed E-state index contributed by atoms with van der Waals surface area (Å²) in [5, 5.41) is 2.98. The van der Waals surface area contributed by atoms with Gasteiger partial charge in [-0.3, -0.25) is 0 Å². The largest absolute Gasteiger partial charge is 0.465 e. The molecule has 1 rings (SSSR count). The number of benzene rings is 1. The van der Waals surface area contributed by atoms with Crippen molar-refractivity contribution in [1.29, 1.82) is 0 Å². The minimum atomic E-state index is -0.304. The normalized spacial score (nSPS) is 10.2. The Morgan fingerprint density at radius 3 is 2.53 bits per heavy atom. The number of ether oxygens (including phenoxy) is 1. The first-order chi connectivity index (χ1) is 7.10. The number of rotatable bonds is 3. The number of methoxy groups -OCH3 is 1. The lowest BCUT2D eigenvalue weighted by atomic mass is 10.00. The number of anilines is 1. The number of nitrogens with one attached hydrogen (secondary N) is 1. The molecule has 0 atom stereocenters. The van der Waals surface area contributed by atoms with Crippen LogP contribution in [0.15, 0.2) is 18.2 Å². The van der Waals surface area contributed by atoms with E-state index < -0.39 is 0 Å². The van der Waals surface area contributed by atoms with Gasteiger partial charge in [-0.15, -0.1) is 0 Å². The molecule has 0 amide bonds. The maximum atomic E-state index is 11.5. The zero-order chi connectivity index (χ0) is 11.4. The quantitative estimate of drug-likeness (QED) is 0.774. The van der Waals surface area contributed by atoms with Crippen molar-refractivity contribution in [2.45, 2.75) is 19.8 Å². The molecule has 0 aliphatic heterocycles. The minimum Gasteiger partial charge on any atom is -0.465 e. The van der Waals surface area contributed by atoms with Gasteiger partial charge in [-0.05, 0) is 23.6 Å². The molecule has 1 aromatic carbocycles. The molecule has 0 unspecified atom stereocenters. The molecule has 0 saturated carbocycles. The van der Waals surface area contributed by atoms with E-state index in [1.165, 1.54) is 7.11 Å². The van der Waals surface area contributed by atoms with Gasteiger partial charge in [0, 0.05) is 12.7 Å². The fraction of sp³-hybridized carbons (Fsp3) is 0.417. The second-order valence-corrected chi connectivity index (χ2v) is 3.70. The van der Waals surface area contributed by atoms with Crippen LogP contribution in [0.2, 0.25) is 0 Å². The topological polar surface area (TPSA) is 38.3 Å². The van der Waals surface area contributed by atoms with Crippen molar-refractivity contribution in [3.05, 3.63) is 29.3 Å². The highest BCUT2D eigenvalue weighted by atomic mass is 16.5. The Hall–Kier alpha value is -1.51. The maximum Gasteiger partial charge on any atom is 0.339 e. The van der Waals surface area contributed by atoms with Crippen LogP contribution in [0.1, 0.15) is 35.7 Å². The summed E-state index contributed by atoms with van der Waals surface area (Å²) in [5.74, 6) is 0.0983. The number of carbonyl (C=O) groups is 1. The van der Waals surface area contributed by atoms with Crippen molar-refractivity contribution < 1.29 is 9.53 Å². The average Bonchev–Trinajstić information content (AvgIpc) is 2.27. The molecule has 0 heterocycles. The first-order valence-electron chi connectivity index (χ1n) is 5.00. The van der Waals surface area contributed by atoms with Gasteiger partial charge in [0.2, 0.25) is 0 Å². The molecule has 0 aliphatic carbocycles. The minimum absolute atomic E-state index is 0.304. The SMILES string of the molecule is CNc1ccc(C(C)C)cc1C(=O)OC. The van der Waals surface area contributed by atoms with Crippen LogP contribution in [0.5, 0.6) is 0 Å². The van der Waals surface area contributed by atoms with Gasteiger partial charge in [0.05, 0.1) is 12.7 Å². The van der Waals surface area contributed by atoms with Gasteiger partial charge in [0.15, 0.2) is 0 Å². The van der Waals surface area contributed by atoms with Gasteiger partial charge in [0.1, 0.15) is 0 Å². The van der Waals surface area contributed by atoms with Crippen LogP contribution in [-0.2, 0) is 4.74 Å². The van der Waals surface area contributed by atoms with Crippen molar-refractivity contribution in [3.63, 3.8) is 0 Å². The highest BCUT2D eigenvalue weighted by Gasteiger charge is 2.12. The van der Waals surface area contributed by atoms with E-state index in [0.29, 0.717) is 11.5 Å². The molecule has 0 aliphatic rings. The zero-order valence-corrected chi connectivity index (χ0v) is 9.63. The lowest BCUT2D eigenvalue weighted by Gasteiger charge is -2.11. The maximum absolute atomic E-state index is 11.5. The average molecular weight is 207 g/mol. The van der Waals surface area contributed by atoms with Crippen molar-refractivity contribution in [2.24, 2.45) is 0 Å². The lowest BCUT2D eigenvalue weighted by Crippen LogP contribution is -2.06. The Bertz CT molecular complexity index is 359. The standard InChI is InChI=1S/C12H17NO2/c1-8(2)9-5-6-11(13-3)10(7-9)12(14)15-4/h5-8,13H,1-4H3. The summed E-state index contributed by atoms with van der Waals surface area (Å²) in [6, 6.07) is 5.80. The Labute approximate surface area is 90.4 Å². The fourth-order valence-electron chi connectivity index (χ4n) is 1.42. The van der Waals surface area contributed by atoms with Crippen molar-refractivity contribution in [2.75, 3.05) is 19.5 Å². The van der Waals surface area contributed by atoms with E-state index in [1.54, 1.807) is 7.05 Å². The number of carbonyl (C=O) groups excluding carboxylic acids is 1. The van der Waals surface area contributed by atoms with Gasteiger partial charge in [-0.2, -0.15) is 0 Å². The van der Waals surface area contributed by atoms with E-state index in [9.17, 15) is 4.79 Å². The summed E-state index contributed by atoms with van der Waals surface area (Å²) in [6.07, 6.45) is 0. The van der Waals surface area contributed by atoms with E-state index in [2.05, 4.69) is 19.2 Å². The monoisotopic (exact) mass is 207 g/mol. The predicted octanol–water partition coefficient (Wildman–Crippen LogP) is 2.64. The lowest BCUT2D eigenvalue weighted by molar-refractivity contribution is 0.0601. The predicted molar refractivity (Wildman–Crippen MR) is 61.4 cm³/mol. The highest BCUT2D eigenvalue weighted by Crippen LogP contribution is 2.22. The zero-order valence-electron chi connectivity index (χ0n) is 9.63. The molecular formula is C12H17NO2. The number of esters is 1. The first kappa shape index (κ1) is 11.6. The van der Waals surface area contributed by atoms with Gasteiger partial charge >= 0.3 is 5.97 Å². The van der Waals surface area contributed by atoms with Crippen LogP contribution in [0, 0.1) is 0 Å². The molecule has 0 radical (unpaired) electrons. The summed E-state index contributed by atoms with van der Waals surface area (Å²) < 4.78 is 4.73. The van der Waals surface area contributed by atoms with Crippen LogP contribution in [0.3, 0.4) is 0 Å². The molecule has 3 nitrogen and oxygen atoms in total. The first-order valence-corrected chi connectivity index (χ1v) is 5.00. The van der Waals surface area contributed by atoms with Crippen LogP contribution in [-0.4, -0.2) is 20.1 Å². The smallest absolute Gasteiger partial charge is 0.339 e. The van der Waals surface area contributed by atoms with Crippen LogP contribution in [0.25, 0.3) is 0 Å². The van der Waals surface area contributed by atoms with Crippen molar-refractivity contribution >= 4 is 11.7 Å². The molecule has 1 N–H and O–H groups in total. The molecule has 3 heteroatoms. The summed E-state index contributed by atoms with van der Waals surface area (Å²) in [4.78, 5) is 11.5. The third-order valence-corrected chi connectivity index (χ3v) is 2.38. The molecule has 0 aromatic heterocycles. The van der Waals surface area contributed by atoms with Gasteiger partial charge < -0.3 is 10.1 Å². The molecule has 1 aromatic rings. The van der Waals surface area contributed by atoms with E-state index in [-0.39, 0.29) is 5.97 Å². The summed E-state index contributed by atoms with van der Waals surface area (Å²) in [5.41, 5.74) is 2.52. The van der Waals surface area contributed by atoms with Gasteiger partial charge in [-0.25, -0.2) is 4.79 Å². The highest BCUT2D eigenvalue weighted by molar-refractivity contribution is 5.95. The molecule has 15 heavy (non-hydrogen) atoms. The van der Waals surface area contributed by atoms with Crippen LogP contribution >= 0.6 is 0 Å². The number of hydrogen-bond donors (Lipinski definition) is 1. The Balaban J connectivity index is 3.19. The van der Waals surface area contributed by atoms with E-state index >= 15 is 0 Å². The summed E-state index contributed by atoms with van der Waals surface area (Å²) in [7, 11) is 3.18. The van der Waals surface area contributed by atoms with Gasteiger partial charge in [0.25, 0.3) is 0 Å². The van der Waals surface area contributed by atoms with Gasteiger partial charge in [-0.1, -0.05) is 19.9 Å². The van der Waals surface area contributed by atoms with Crippen molar-refractivity contribution in [3.8, 4) is 0 Å². The number of hydrogen-bond acceptors (Lipinski definition) is 3. The molecular weight excluding hydrogens is 190 g/mol. The second-order valence-electron chi connectivity index (χ2n) is 3.70. The summed E-state index contributed by atoms with van der Waals surface area (Å²) >= 11 is 0. The molecule has 0 saturated heterocycles. The van der Waals surface area contributed by atoms with E-state index in [0.717, 1.165) is 11.3 Å². The fourth-order valence-corrected chi connectivity index (χ4v) is 1.42. The van der Waals surface area contributed by atoms with Crippen LogP contribution < -0.4 is 5.32 Å². The molecule has 82 valence electrons. The summed E-state index contributed by atoms with van der Waals surface area (Å²) in [6.45, 7) is 4.19. The Morgan fingerprint density at radius 1 is 1.40 bits per heavy atom. The van der Waals surface area contributed by atoms with Crippen LogP contribution in [0.4, 0.5) is 5.69 Å². The second kappa shape index (κ2) is 4.82. The Kier molecular flexibility index (Phi) is 3.72. The van der Waals surface area contributed by atoms with E-state index in [4.69, 9.17) is 4.74 Å². The third kappa shape index (κ3) is 2.49. The van der Waals surface area contributed by atoms with E-state index in [1.807, 2.05) is 18.2 Å². The Morgan fingerprint density at radius 2 is 2.07 bits per heavy atom.